The van der Waals surface area contributed by atoms with E-state index in [9.17, 15) is 29.6 Å². The van der Waals surface area contributed by atoms with Crippen LogP contribution in [0.1, 0.15) is 66.0 Å². The molecular formula is C21H35N4O8P. The van der Waals surface area contributed by atoms with Crippen molar-refractivity contribution in [2.75, 3.05) is 5.73 Å². The van der Waals surface area contributed by atoms with E-state index in [1.807, 2.05) is 0 Å². The van der Waals surface area contributed by atoms with Crippen molar-refractivity contribution in [3.63, 3.8) is 0 Å². The van der Waals surface area contributed by atoms with E-state index >= 15 is 0 Å². The molecule has 192 valence electrons. The molecule has 13 heteroatoms. The Labute approximate surface area is 197 Å². The number of nitrogen functional groups attached to an aromatic ring is 1. The summed E-state index contributed by atoms with van der Waals surface area (Å²) in [4.78, 5) is 29.3. The zero-order valence-corrected chi connectivity index (χ0v) is 20.7. The van der Waals surface area contributed by atoms with Gasteiger partial charge in [-0.05, 0) is 32.3 Å². The fraction of sp³-hybridized carbons (Fsp3) is 0.714. The number of rotatable bonds is 10. The number of nitrogens with two attached hydrogens (primary N) is 1. The SMILES string of the molecule is CCCC(O)(CC)P(=O)(O)OC(C)(CC)CC1OC(n2ccc3c(=O)[nH]c(N)nc32)C(O)C1O. The Bertz CT molecular complexity index is 1120. The molecule has 0 aromatic carbocycles. The lowest BCUT2D eigenvalue weighted by Crippen LogP contribution is -2.40. The molecule has 0 radical (unpaired) electrons. The number of anilines is 1. The van der Waals surface area contributed by atoms with Crippen molar-refractivity contribution in [3.8, 4) is 0 Å². The average molecular weight is 503 g/mol. The summed E-state index contributed by atoms with van der Waals surface area (Å²) in [5, 5.41) is 30.5. The highest BCUT2D eigenvalue weighted by Gasteiger charge is 2.52. The van der Waals surface area contributed by atoms with Gasteiger partial charge in [0.25, 0.3) is 5.56 Å². The van der Waals surface area contributed by atoms with Crippen LogP contribution in [0.5, 0.6) is 0 Å². The van der Waals surface area contributed by atoms with E-state index in [1.165, 1.54) is 16.8 Å². The number of hydrogen-bond acceptors (Lipinski definition) is 9. The molecular weight excluding hydrogens is 467 g/mol. The van der Waals surface area contributed by atoms with Gasteiger partial charge in [-0.1, -0.05) is 27.2 Å². The first-order valence-corrected chi connectivity index (χ1v) is 13.0. The largest absolute Gasteiger partial charge is 0.388 e. The highest BCUT2D eigenvalue weighted by Crippen LogP contribution is 2.61. The molecule has 1 fully saturated rings. The maximum absolute atomic E-state index is 13.1. The molecule has 2 aromatic heterocycles. The third-order valence-corrected chi connectivity index (χ3v) is 8.96. The lowest BCUT2D eigenvalue weighted by molar-refractivity contribution is -0.0697. The number of nitrogens with zero attached hydrogens (tertiary/aromatic N) is 2. The van der Waals surface area contributed by atoms with E-state index in [4.69, 9.17) is 15.0 Å². The van der Waals surface area contributed by atoms with Gasteiger partial charge in [-0.2, -0.15) is 4.98 Å². The van der Waals surface area contributed by atoms with E-state index in [0.717, 1.165) is 0 Å². The number of aromatic amines is 1. The Morgan fingerprint density at radius 3 is 2.56 bits per heavy atom. The normalized spacial score (nSPS) is 28.5. The van der Waals surface area contributed by atoms with Crippen LogP contribution in [0.2, 0.25) is 0 Å². The zero-order chi connectivity index (χ0) is 25.5. The van der Waals surface area contributed by atoms with Crippen LogP contribution in [-0.4, -0.2) is 64.0 Å². The molecule has 1 aliphatic heterocycles. The van der Waals surface area contributed by atoms with Gasteiger partial charge in [-0.3, -0.25) is 14.3 Å². The Balaban J connectivity index is 1.85. The summed E-state index contributed by atoms with van der Waals surface area (Å²) < 4.78 is 26.1. The van der Waals surface area contributed by atoms with Gasteiger partial charge >= 0.3 is 7.60 Å². The molecule has 7 unspecified atom stereocenters. The molecule has 0 aliphatic carbocycles. The monoisotopic (exact) mass is 502 g/mol. The van der Waals surface area contributed by atoms with Crippen LogP contribution in [0.3, 0.4) is 0 Å². The minimum Gasteiger partial charge on any atom is -0.388 e. The molecule has 0 bridgehead atoms. The summed E-state index contributed by atoms with van der Waals surface area (Å²) in [6.45, 7) is 6.76. The first-order chi connectivity index (χ1) is 15.8. The summed E-state index contributed by atoms with van der Waals surface area (Å²) in [6.07, 6.45) is -2.42. The van der Waals surface area contributed by atoms with Crippen LogP contribution in [0, 0.1) is 0 Å². The van der Waals surface area contributed by atoms with Gasteiger partial charge in [-0.25, -0.2) is 0 Å². The van der Waals surface area contributed by atoms with Crippen molar-refractivity contribution in [2.24, 2.45) is 0 Å². The summed E-state index contributed by atoms with van der Waals surface area (Å²) in [5.41, 5.74) is 4.13. The topological polar surface area (TPSA) is 193 Å². The molecule has 3 rings (SSSR count). The molecule has 3 heterocycles. The number of aromatic nitrogens is 3. The van der Waals surface area contributed by atoms with Crippen molar-refractivity contribution in [3.05, 3.63) is 22.6 Å². The molecule has 2 aromatic rings. The first-order valence-electron chi connectivity index (χ1n) is 11.5. The molecule has 7 atom stereocenters. The number of aliphatic hydroxyl groups is 3. The van der Waals surface area contributed by atoms with Gasteiger partial charge in [0.1, 0.15) is 12.2 Å². The maximum Gasteiger partial charge on any atom is 0.359 e. The number of aliphatic hydroxyl groups excluding tert-OH is 2. The highest BCUT2D eigenvalue weighted by atomic mass is 31.2. The van der Waals surface area contributed by atoms with Crippen LogP contribution in [0.4, 0.5) is 5.95 Å². The van der Waals surface area contributed by atoms with Gasteiger partial charge < -0.3 is 39.8 Å². The third kappa shape index (κ3) is 4.81. The highest BCUT2D eigenvalue weighted by molar-refractivity contribution is 7.54. The number of nitrogens with one attached hydrogen (secondary N) is 1. The predicted molar refractivity (Wildman–Crippen MR) is 125 cm³/mol. The summed E-state index contributed by atoms with van der Waals surface area (Å²) in [6, 6.07) is 1.50. The molecule has 0 saturated carbocycles. The van der Waals surface area contributed by atoms with Gasteiger partial charge in [0.15, 0.2) is 17.2 Å². The second-order valence-corrected chi connectivity index (χ2v) is 11.2. The molecule has 0 spiro atoms. The van der Waals surface area contributed by atoms with Crippen molar-refractivity contribution in [1.29, 1.82) is 0 Å². The minimum atomic E-state index is -4.48. The van der Waals surface area contributed by atoms with E-state index < -0.39 is 48.6 Å². The van der Waals surface area contributed by atoms with Crippen LogP contribution >= 0.6 is 7.60 Å². The zero-order valence-electron chi connectivity index (χ0n) is 19.8. The van der Waals surface area contributed by atoms with Gasteiger partial charge in [0, 0.05) is 12.6 Å². The van der Waals surface area contributed by atoms with Crippen LogP contribution in [-0.2, 0) is 13.8 Å². The standard InChI is InChI=1S/C21H35N4O8P/c1-5-9-21(29,7-3)34(30,31)33-20(4,6-2)11-13-14(26)15(27)18(32-13)25-10-8-12-16(25)23-19(22)24-17(12)28/h8,10,13-15,18,26-27,29H,5-7,9,11H2,1-4H3,(H,30,31)(H3,22,23,24,28). The van der Waals surface area contributed by atoms with Gasteiger partial charge in [-0.15, -0.1) is 0 Å². The van der Waals surface area contributed by atoms with E-state index in [0.29, 0.717) is 6.42 Å². The first kappa shape index (κ1) is 26.8. The Morgan fingerprint density at radius 2 is 1.97 bits per heavy atom. The lowest BCUT2D eigenvalue weighted by Gasteiger charge is -2.39. The van der Waals surface area contributed by atoms with Gasteiger partial charge in [0.05, 0.1) is 17.1 Å². The van der Waals surface area contributed by atoms with Crippen molar-refractivity contribution >= 4 is 24.6 Å². The number of hydrogen-bond donors (Lipinski definition) is 6. The quantitative estimate of drug-likeness (QED) is 0.260. The predicted octanol–water partition coefficient (Wildman–Crippen LogP) is 1.59. The van der Waals surface area contributed by atoms with Crippen molar-refractivity contribution in [1.82, 2.24) is 14.5 Å². The van der Waals surface area contributed by atoms with Crippen molar-refractivity contribution in [2.45, 2.75) is 95.3 Å². The molecule has 1 aliphatic rings. The minimum absolute atomic E-state index is 0.0354. The third-order valence-electron chi connectivity index (χ3n) is 6.68. The molecule has 12 nitrogen and oxygen atoms in total. The number of ether oxygens (including phenoxy) is 1. The van der Waals surface area contributed by atoms with Crippen LogP contribution < -0.4 is 11.3 Å². The van der Waals surface area contributed by atoms with E-state index in [1.54, 1.807) is 27.7 Å². The second kappa shape index (κ2) is 9.69. The smallest absolute Gasteiger partial charge is 0.359 e. The molecule has 34 heavy (non-hydrogen) atoms. The van der Waals surface area contributed by atoms with E-state index in [2.05, 4.69) is 9.97 Å². The summed E-state index contributed by atoms with van der Waals surface area (Å²) in [5.74, 6) is -0.108. The van der Waals surface area contributed by atoms with Crippen molar-refractivity contribution < 1.29 is 34.0 Å². The Hall–Kier alpha value is -1.79. The maximum atomic E-state index is 13.1. The fourth-order valence-electron chi connectivity index (χ4n) is 4.37. The number of fused-ring (bicyclic) bond motifs is 1. The average Bonchev–Trinajstić information content (AvgIpc) is 3.29. The molecule has 0 amide bonds. The Kier molecular flexibility index (Phi) is 7.64. The Morgan fingerprint density at radius 1 is 1.29 bits per heavy atom. The second-order valence-electron chi connectivity index (χ2n) is 9.16. The van der Waals surface area contributed by atoms with E-state index in [-0.39, 0.29) is 42.7 Å². The molecule has 7 N–H and O–H groups in total. The lowest BCUT2D eigenvalue weighted by atomic mass is 9.93. The van der Waals surface area contributed by atoms with Crippen LogP contribution in [0.25, 0.3) is 11.0 Å². The van der Waals surface area contributed by atoms with Crippen LogP contribution in [0.15, 0.2) is 17.1 Å². The molecule has 1 saturated heterocycles. The van der Waals surface area contributed by atoms with Gasteiger partial charge in [0.2, 0.25) is 5.95 Å². The fourth-order valence-corrected chi connectivity index (χ4v) is 6.24. The summed E-state index contributed by atoms with van der Waals surface area (Å²) in [7, 11) is -4.48. The number of H-pyrrole nitrogens is 1. The summed E-state index contributed by atoms with van der Waals surface area (Å²) >= 11 is 0.